The molecule has 0 fully saturated rings. The van der Waals surface area contributed by atoms with Gasteiger partial charge in [0.15, 0.2) is 23.0 Å². The van der Waals surface area contributed by atoms with E-state index >= 15 is 0 Å². The van der Waals surface area contributed by atoms with Gasteiger partial charge in [-0.2, -0.15) is 0 Å². The molecule has 4 N–H and O–H groups in total. The first-order valence-corrected chi connectivity index (χ1v) is 4.63. The summed E-state index contributed by atoms with van der Waals surface area (Å²) in [7, 11) is 0. The van der Waals surface area contributed by atoms with Crippen molar-refractivity contribution < 1.29 is 30.0 Å². The summed E-state index contributed by atoms with van der Waals surface area (Å²) in [6, 6.07) is 0.729. The summed E-state index contributed by atoms with van der Waals surface area (Å²) in [6.45, 7) is 1.21. The molecule has 0 radical (unpaired) electrons. The Hall–Kier alpha value is -2.50. The summed E-state index contributed by atoms with van der Waals surface area (Å²) in [5.74, 6) is -4.74. The van der Waals surface area contributed by atoms with Crippen LogP contribution in [0.4, 0.5) is 0 Å². The lowest BCUT2D eigenvalue weighted by Crippen LogP contribution is -2.21. The van der Waals surface area contributed by atoms with Crippen LogP contribution in [0.15, 0.2) is 17.4 Å². The average molecular weight is 236 g/mol. The van der Waals surface area contributed by atoms with Crippen molar-refractivity contribution in [2.75, 3.05) is 0 Å². The fourth-order valence-corrected chi connectivity index (χ4v) is 1.68. The van der Waals surface area contributed by atoms with Crippen molar-refractivity contribution in [2.45, 2.75) is 6.92 Å². The number of allylic oxidation sites excluding steroid dienone is 2. The molecule has 6 heteroatoms. The third-order valence-electron chi connectivity index (χ3n) is 2.62. The van der Waals surface area contributed by atoms with Gasteiger partial charge in [0, 0.05) is 11.6 Å². The minimum atomic E-state index is -0.968. The SMILES string of the molecule is CC1=C(O)C(=O)c2c(O)cc(O)c(O)c2C1=O. The van der Waals surface area contributed by atoms with Gasteiger partial charge in [-0.05, 0) is 6.92 Å². The van der Waals surface area contributed by atoms with Gasteiger partial charge >= 0.3 is 0 Å². The van der Waals surface area contributed by atoms with Gasteiger partial charge < -0.3 is 20.4 Å². The van der Waals surface area contributed by atoms with E-state index < -0.39 is 45.7 Å². The lowest BCUT2D eigenvalue weighted by atomic mass is 9.87. The summed E-state index contributed by atoms with van der Waals surface area (Å²) in [6.07, 6.45) is 0. The van der Waals surface area contributed by atoms with Crippen LogP contribution in [0.3, 0.4) is 0 Å². The highest BCUT2D eigenvalue weighted by molar-refractivity contribution is 6.28. The number of phenols is 3. The molecular formula is C11H8O6. The summed E-state index contributed by atoms with van der Waals surface area (Å²) >= 11 is 0. The number of hydrogen-bond donors (Lipinski definition) is 4. The van der Waals surface area contributed by atoms with E-state index in [-0.39, 0.29) is 5.57 Å². The van der Waals surface area contributed by atoms with Crippen LogP contribution in [-0.4, -0.2) is 32.0 Å². The van der Waals surface area contributed by atoms with Crippen LogP contribution >= 0.6 is 0 Å². The van der Waals surface area contributed by atoms with Crippen LogP contribution in [0.1, 0.15) is 27.6 Å². The lowest BCUT2D eigenvalue weighted by molar-refractivity contribution is 0.0924. The van der Waals surface area contributed by atoms with Gasteiger partial charge in [-0.3, -0.25) is 9.59 Å². The van der Waals surface area contributed by atoms with E-state index in [9.17, 15) is 30.0 Å². The van der Waals surface area contributed by atoms with Crippen molar-refractivity contribution in [3.63, 3.8) is 0 Å². The first-order chi connectivity index (χ1) is 7.86. The molecule has 0 heterocycles. The molecule has 0 spiro atoms. The zero-order chi connectivity index (χ0) is 12.9. The molecular weight excluding hydrogens is 228 g/mol. The largest absolute Gasteiger partial charge is 0.507 e. The molecule has 1 aromatic rings. The Labute approximate surface area is 95.1 Å². The Kier molecular flexibility index (Phi) is 2.10. The Bertz CT molecular complexity index is 596. The molecule has 0 aliphatic heterocycles. The molecule has 6 nitrogen and oxygen atoms in total. The molecule has 0 saturated heterocycles. The maximum absolute atomic E-state index is 11.7. The van der Waals surface area contributed by atoms with Gasteiger partial charge in [0.05, 0.1) is 11.1 Å². The number of carbonyl (C=O) groups excluding carboxylic acids is 2. The number of phenolic OH excluding ortho intramolecular Hbond substituents is 3. The Morgan fingerprint density at radius 1 is 0.882 bits per heavy atom. The van der Waals surface area contributed by atoms with Crippen molar-refractivity contribution in [1.29, 1.82) is 0 Å². The first-order valence-electron chi connectivity index (χ1n) is 4.63. The number of fused-ring (bicyclic) bond motifs is 1. The highest BCUT2D eigenvalue weighted by Gasteiger charge is 2.36. The number of ketones is 2. The lowest BCUT2D eigenvalue weighted by Gasteiger charge is -2.17. The summed E-state index contributed by atoms with van der Waals surface area (Å²) < 4.78 is 0. The second kappa shape index (κ2) is 3.24. The molecule has 1 aliphatic carbocycles. The minimum absolute atomic E-state index is 0.247. The number of aliphatic hydroxyl groups is 1. The maximum atomic E-state index is 11.7. The van der Waals surface area contributed by atoms with Crippen LogP contribution < -0.4 is 0 Å². The number of carbonyl (C=O) groups is 2. The number of benzene rings is 1. The van der Waals surface area contributed by atoms with Crippen LogP contribution in [0, 0.1) is 0 Å². The number of hydrogen-bond acceptors (Lipinski definition) is 6. The van der Waals surface area contributed by atoms with Crippen molar-refractivity contribution in [2.24, 2.45) is 0 Å². The molecule has 1 aromatic carbocycles. The van der Waals surface area contributed by atoms with Gasteiger partial charge in [-0.1, -0.05) is 0 Å². The summed E-state index contributed by atoms with van der Waals surface area (Å²) in [4.78, 5) is 23.4. The van der Waals surface area contributed by atoms with Crippen LogP contribution in [0.2, 0.25) is 0 Å². The van der Waals surface area contributed by atoms with Gasteiger partial charge in [0.25, 0.3) is 0 Å². The van der Waals surface area contributed by atoms with Gasteiger partial charge in [-0.25, -0.2) is 0 Å². The van der Waals surface area contributed by atoms with Crippen molar-refractivity contribution in [3.05, 3.63) is 28.5 Å². The van der Waals surface area contributed by atoms with E-state index in [1.165, 1.54) is 6.92 Å². The van der Waals surface area contributed by atoms with Crippen molar-refractivity contribution >= 4 is 11.6 Å². The van der Waals surface area contributed by atoms with Crippen LogP contribution in [0.5, 0.6) is 17.2 Å². The van der Waals surface area contributed by atoms with E-state index in [4.69, 9.17) is 0 Å². The highest BCUT2D eigenvalue weighted by atomic mass is 16.3. The predicted octanol–water partition coefficient (Wildman–Crippen LogP) is 1.01. The molecule has 0 amide bonds. The third-order valence-corrected chi connectivity index (χ3v) is 2.62. The molecule has 0 unspecified atom stereocenters. The van der Waals surface area contributed by atoms with Gasteiger partial charge in [0.1, 0.15) is 5.75 Å². The fraction of sp³-hybridized carbons (Fsp3) is 0.0909. The standard InChI is InChI=1S/C11H8O6/c1-3-8(14)7-6(11(17)9(3)15)4(12)2-5(13)10(7)16/h2,12-13,15-16H,1H3. The Morgan fingerprint density at radius 3 is 2.06 bits per heavy atom. The highest BCUT2D eigenvalue weighted by Crippen LogP contribution is 2.41. The van der Waals surface area contributed by atoms with E-state index in [1.54, 1.807) is 0 Å². The van der Waals surface area contributed by atoms with Gasteiger partial charge in [0.2, 0.25) is 5.78 Å². The molecule has 0 atom stereocenters. The Balaban J connectivity index is 2.90. The Morgan fingerprint density at radius 2 is 1.47 bits per heavy atom. The summed E-state index contributed by atoms with van der Waals surface area (Å²) in [5.41, 5.74) is -1.25. The third kappa shape index (κ3) is 1.27. The topological polar surface area (TPSA) is 115 Å². The van der Waals surface area contributed by atoms with Gasteiger partial charge in [-0.15, -0.1) is 0 Å². The number of Topliss-reactive ketones (excluding diaryl/α,β-unsaturated/α-hetero) is 2. The molecule has 0 bridgehead atoms. The molecule has 1 aliphatic rings. The molecule has 0 aromatic heterocycles. The van der Waals surface area contributed by atoms with Crippen molar-refractivity contribution in [3.8, 4) is 17.2 Å². The second-order valence-electron chi connectivity index (χ2n) is 3.65. The molecule has 0 saturated carbocycles. The monoisotopic (exact) mass is 236 g/mol. The van der Waals surface area contributed by atoms with E-state index in [2.05, 4.69) is 0 Å². The predicted molar refractivity (Wildman–Crippen MR) is 55.4 cm³/mol. The number of rotatable bonds is 0. The number of aliphatic hydroxyl groups excluding tert-OH is 1. The minimum Gasteiger partial charge on any atom is -0.507 e. The van der Waals surface area contributed by atoms with Crippen molar-refractivity contribution in [1.82, 2.24) is 0 Å². The van der Waals surface area contributed by atoms with E-state index in [1.807, 2.05) is 0 Å². The quantitative estimate of drug-likeness (QED) is 0.394. The molecule has 88 valence electrons. The number of aromatic hydroxyl groups is 3. The smallest absolute Gasteiger partial charge is 0.232 e. The van der Waals surface area contributed by atoms with E-state index in [0.717, 1.165) is 6.07 Å². The molecule has 17 heavy (non-hydrogen) atoms. The fourth-order valence-electron chi connectivity index (χ4n) is 1.68. The average Bonchev–Trinajstić information content (AvgIpc) is 2.28. The van der Waals surface area contributed by atoms with Crippen LogP contribution in [-0.2, 0) is 0 Å². The van der Waals surface area contributed by atoms with Crippen LogP contribution in [0.25, 0.3) is 0 Å². The summed E-state index contributed by atoms with van der Waals surface area (Å²) in [5, 5.41) is 37.7. The maximum Gasteiger partial charge on any atom is 0.232 e. The zero-order valence-corrected chi connectivity index (χ0v) is 8.68. The van der Waals surface area contributed by atoms with E-state index in [0.29, 0.717) is 0 Å². The second-order valence-corrected chi connectivity index (χ2v) is 3.65. The zero-order valence-electron chi connectivity index (χ0n) is 8.68. The first kappa shape index (κ1) is 11.0. The normalized spacial score (nSPS) is 15.1. The molecule has 2 rings (SSSR count).